The number of amides is 2. The van der Waals surface area contributed by atoms with Crippen molar-refractivity contribution in [3.05, 3.63) is 69.5 Å². The Labute approximate surface area is 154 Å². The molecule has 0 radical (unpaired) electrons. The second kappa shape index (κ2) is 7.53. The summed E-state index contributed by atoms with van der Waals surface area (Å²) in [5.74, 6) is -2.08. The number of anilines is 1. The molecule has 1 fully saturated rings. The smallest absolute Gasteiger partial charge is 0.306 e. The molecule has 0 bridgehead atoms. The zero-order valence-corrected chi connectivity index (χ0v) is 14.6. The van der Waals surface area contributed by atoms with Gasteiger partial charge in [0.2, 0.25) is 17.6 Å². The molecule has 0 saturated carbocycles. The first kappa shape index (κ1) is 18.5. The van der Waals surface area contributed by atoms with Crippen LogP contribution < -0.4 is 5.32 Å². The van der Waals surface area contributed by atoms with E-state index < -0.39 is 28.3 Å². The second-order valence-electron chi connectivity index (χ2n) is 6.57. The summed E-state index contributed by atoms with van der Waals surface area (Å²) in [6, 6.07) is 10.9. The van der Waals surface area contributed by atoms with E-state index in [-0.39, 0.29) is 24.6 Å². The summed E-state index contributed by atoms with van der Waals surface area (Å²) < 4.78 is 13.4. The van der Waals surface area contributed by atoms with Crippen LogP contribution in [0.5, 0.6) is 0 Å². The predicted molar refractivity (Wildman–Crippen MR) is 96.4 cm³/mol. The van der Waals surface area contributed by atoms with Crippen LogP contribution >= 0.6 is 0 Å². The summed E-state index contributed by atoms with van der Waals surface area (Å²) in [5, 5.41) is 13.3. The van der Waals surface area contributed by atoms with Crippen LogP contribution in [0.4, 0.5) is 15.8 Å². The molecule has 7 nitrogen and oxygen atoms in total. The van der Waals surface area contributed by atoms with Gasteiger partial charge in [-0.15, -0.1) is 0 Å². The van der Waals surface area contributed by atoms with E-state index in [0.717, 1.165) is 23.3 Å². The highest BCUT2D eigenvalue weighted by Gasteiger charge is 2.34. The van der Waals surface area contributed by atoms with Gasteiger partial charge in [0.1, 0.15) is 0 Å². The molecule has 0 aromatic heterocycles. The van der Waals surface area contributed by atoms with Crippen molar-refractivity contribution in [1.29, 1.82) is 0 Å². The minimum Gasteiger partial charge on any atom is -0.338 e. The summed E-state index contributed by atoms with van der Waals surface area (Å²) in [7, 11) is 0. The van der Waals surface area contributed by atoms with E-state index in [1.807, 2.05) is 31.2 Å². The van der Waals surface area contributed by atoms with Gasteiger partial charge >= 0.3 is 5.69 Å². The van der Waals surface area contributed by atoms with E-state index in [4.69, 9.17) is 0 Å². The zero-order chi connectivity index (χ0) is 19.6. The third-order valence-electron chi connectivity index (χ3n) is 4.49. The lowest BCUT2D eigenvalue weighted by Crippen LogP contribution is -2.28. The van der Waals surface area contributed by atoms with Crippen LogP contribution in [0.25, 0.3) is 0 Å². The number of carbonyl (C=O) groups is 2. The molecule has 1 atom stereocenters. The summed E-state index contributed by atoms with van der Waals surface area (Å²) in [6.45, 7) is 2.66. The molecule has 1 aliphatic heterocycles. The largest absolute Gasteiger partial charge is 0.338 e. The SMILES string of the molecule is Cc1ccc(CN2C[C@@H](C(=O)Nc3ccc(F)c([N+](=O)[O-])c3)CC2=O)cc1. The highest BCUT2D eigenvalue weighted by Crippen LogP contribution is 2.25. The first-order valence-electron chi connectivity index (χ1n) is 8.41. The van der Waals surface area contributed by atoms with Crippen molar-refractivity contribution >= 4 is 23.2 Å². The van der Waals surface area contributed by atoms with E-state index in [1.165, 1.54) is 6.07 Å². The van der Waals surface area contributed by atoms with Crippen molar-refractivity contribution in [2.24, 2.45) is 5.92 Å². The monoisotopic (exact) mass is 371 g/mol. The van der Waals surface area contributed by atoms with Gasteiger partial charge in [0.15, 0.2) is 0 Å². The number of carbonyl (C=O) groups excluding carboxylic acids is 2. The van der Waals surface area contributed by atoms with Crippen LogP contribution in [-0.2, 0) is 16.1 Å². The molecule has 1 saturated heterocycles. The van der Waals surface area contributed by atoms with Crippen molar-refractivity contribution in [2.75, 3.05) is 11.9 Å². The van der Waals surface area contributed by atoms with Gasteiger partial charge in [-0.3, -0.25) is 19.7 Å². The van der Waals surface area contributed by atoms with Crippen molar-refractivity contribution in [2.45, 2.75) is 19.9 Å². The fourth-order valence-electron chi connectivity index (χ4n) is 2.99. The topological polar surface area (TPSA) is 92.6 Å². The zero-order valence-electron chi connectivity index (χ0n) is 14.6. The number of hydrogen-bond donors (Lipinski definition) is 1. The average Bonchev–Trinajstić information content (AvgIpc) is 2.99. The maximum absolute atomic E-state index is 13.4. The van der Waals surface area contributed by atoms with Crippen molar-refractivity contribution < 1.29 is 18.9 Å². The van der Waals surface area contributed by atoms with E-state index in [9.17, 15) is 24.1 Å². The summed E-state index contributed by atoms with van der Waals surface area (Å²) in [6.07, 6.45) is 0.0704. The van der Waals surface area contributed by atoms with Gasteiger partial charge in [0.25, 0.3) is 0 Å². The summed E-state index contributed by atoms with van der Waals surface area (Å²) in [5.41, 5.74) is 1.51. The fourth-order valence-corrected chi connectivity index (χ4v) is 2.99. The maximum atomic E-state index is 13.4. The third-order valence-corrected chi connectivity index (χ3v) is 4.49. The Kier molecular flexibility index (Phi) is 5.16. The molecule has 0 aliphatic carbocycles. The van der Waals surface area contributed by atoms with Crippen molar-refractivity contribution in [3.63, 3.8) is 0 Å². The minimum atomic E-state index is -0.974. The van der Waals surface area contributed by atoms with Crippen LogP contribution in [0.2, 0.25) is 0 Å². The van der Waals surface area contributed by atoms with Gasteiger partial charge in [-0.2, -0.15) is 4.39 Å². The Bertz CT molecular complexity index is 898. The third kappa shape index (κ3) is 4.28. The van der Waals surface area contributed by atoms with Crippen molar-refractivity contribution in [3.8, 4) is 0 Å². The minimum absolute atomic E-state index is 0.0704. The number of nitro groups is 1. The molecule has 2 aromatic carbocycles. The highest BCUT2D eigenvalue weighted by atomic mass is 19.1. The highest BCUT2D eigenvalue weighted by molar-refractivity contribution is 5.97. The van der Waals surface area contributed by atoms with Gasteiger partial charge in [0, 0.05) is 31.3 Å². The van der Waals surface area contributed by atoms with Crippen LogP contribution in [-0.4, -0.2) is 28.2 Å². The Hall–Kier alpha value is -3.29. The molecule has 1 N–H and O–H groups in total. The molecular weight excluding hydrogens is 353 g/mol. The molecule has 1 heterocycles. The van der Waals surface area contributed by atoms with E-state index >= 15 is 0 Å². The van der Waals surface area contributed by atoms with Gasteiger partial charge in [-0.05, 0) is 24.6 Å². The molecule has 0 spiro atoms. The lowest BCUT2D eigenvalue weighted by atomic mass is 10.1. The molecular formula is C19H18FN3O4. The Morgan fingerprint density at radius 3 is 2.67 bits per heavy atom. The average molecular weight is 371 g/mol. The molecule has 27 heavy (non-hydrogen) atoms. The number of nitro benzene ring substituents is 1. The standard InChI is InChI=1S/C19H18FN3O4/c1-12-2-4-13(5-3-12)10-22-11-14(8-18(22)24)19(25)21-15-6-7-16(20)17(9-15)23(26)27/h2-7,9,14H,8,10-11H2,1H3,(H,21,25)/t14-/m0/s1. The van der Waals surface area contributed by atoms with Crippen LogP contribution in [0, 0.1) is 28.8 Å². The van der Waals surface area contributed by atoms with E-state index in [0.29, 0.717) is 6.54 Å². The quantitative estimate of drug-likeness (QED) is 0.646. The number of benzene rings is 2. The molecule has 140 valence electrons. The number of rotatable bonds is 5. The van der Waals surface area contributed by atoms with Gasteiger partial charge in [-0.25, -0.2) is 0 Å². The number of nitrogens with one attached hydrogen (secondary N) is 1. The number of nitrogens with zero attached hydrogens (tertiary/aromatic N) is 2. The molecule has 1 aliphatic rings. The molecule has 0 unspecified atom stereocenters. The summed E-state index contributed by atoms with van der Waals surface area (Å²) >= 11 is 0. The lowest BCUT2D eigenvalue weighted by molar-refractivity contribution is -0.387. The summed E-state index contributed by atoms with van der Waals surface area (Å²) in [4.78, 5) is 36.2. The number of likely N-dealkylation sites (tertiary alicyclic amines) is 1. The maximum Gasteiger partial charge on any atom is 0.306 e. The lowest BCUT2D eigenvalue weighted by Gasteiger charge is -2.17. The molecule has 8 heteroatoms. The Balaban J connectivity index is 1.64. The van der Waals surface area contributed by atoms with Crippen molar-refractivity contribution in [1.82, 2.24) is 4.90 Å². The number of halogens is 1. The van der Waals surface area contributed by atoms with Gasteiger partial charge in [0.05, 0.1) is 10.8 Å². The first-order chi connectivity index (χ1) is 12.8. The first-order valence-corrected chi connectivity index (χ1v) is 8.41. The Morgan fingerprint density at radius 2 is 2.00 bits per heavy atom. The second-order valence-corrected chi connectivity index (χ2v) is 6.57. The number of aryl methyl sites for hydroxylation is 1. The van der Waals surface area contributed by atoms with Crippen LogP contribution in [0.15, 0.2) is 42.5 Å². The molecule has 3 rings (SSSR count). The van der Waals surface area contributed by atoms with E-state index in [2.05, 4.69) is 5.32 Å². The predicted octanol–water partition coefficient (Wildman–Crippen LogP) is 3.03. The number of hydrogen-bond acceptors (Lipinski definition) is 4. The molecule has 2 amide bonds. The van der Waals surface area contributed by atoms with Gasteiger partial charge < -0.3 is 10.2 Å². The normalized spacial score (nSPS) is 16.4. The van der Waals surface area contributed by atoms with Gasteiger partial charge in [-0.1, -0.05) is 29.8 Å². The van der Waals surface area contributed by atoms with Crippen LogP contribution in [0.3, 0.4) is 0 Å². The molecule has 2 aromatic rings. The van der Waals surface area contributed by atoms with E-state index in [1.54, 1.807) is 4.90 Å². The van der Waals surface area contributed by atoms with Crippen LogP contribution in [0.1, 0.15) is 17.5 Å². The fraction of sp³-hybridized carbons (Fsp3) is 0.263. The Morgan fingerprint density at radius 1 is 1.30 bits per heavy atom.